The van der Waals surface area contributed by atoms with E-state index in [2.05, 4.69) is 159 Å². The summed E-state index contributed by atoms with van der Waals surface area (Å²) in [4.78, 5) is 0. The molecule has 0 fully saturated rings. The van der Waals surface area contributed by atoms with Gasteiger partial charge in [-0.25, -0.2) is 12.2 Å². The Labute approximate surface area is 293 Å². The van der Waals surface area contributed by atoms with Gasteiger partial charge in [0.1, 0.15) is 0 Å². The molecule has 0 heterocycles. The van der Waals surface area contributed by atoms with Crippen LogP contribution in [-0.4, -0.2) is 3.21 Å². The molecule has 5 aromatic rings. The Kier molecular flexibility index (Phi) is 13.9. The molecule has 0 N–H and O–H groups in total. The first-order chi connectivity index (χ1) is 19.8. The molecule has 0 atom stereocenters. The van der Waals surface area contributed by atoms with E-state index in [1.165, 1.54) is 82.4 Å². The van der Waals surface area contributed by atoms with Gasteiger partial charge >= 0.3 is 112 Å². The summed E-state index contributed by atoms with van der Waals surface area (Å²) in [7, 11) is 0. The van der Waals surface area contributed by atoms with Gasteiger partial charge in [0.05, 0.1) is 0 Å². The molecule has 228 valence electrons. The maximum absolute atomic E-state index is 2.99. The fraction of sp³-hybridized carbons (Fsp3) is 0.268. The number of hydrogen-bond donors (Lipinski definition) is 0. The van der Waals surface area contributed by atoms with Gasteiger partial charge in [0.2, 0.25) is 0 Å². The number of fused-ring (bicyclic) bond motifs is 3. The van der Waals surface area contributed by atoms with E-state index in [0.29, 0.717) is 0 Å². The van der Waals surface area contributed by atoms with Crippen molar-refractivity contribution >= 4 is 49.6 Å². The van der Waals surface area contributed by atoms with Crippen molar-refractivity contribution in [2.75, 3.05) is 0 Å². The van der Waals surface area contributed by atoms with Crippen LogP contribution in [0, 0.1) is 19.9 Å². The van der Waals surface area contributed by atoms with Crippen LogP contribution in [0.25, 0.3) is 21.5 Å². The van der Waals surface area contributed by atoms with Gasteiger partial charge in [0.25, 0.3) is 0 Å². The molecule has 0 saturated carbocycles. The van der Waals surface area contributed by atoms with Crippen LogP contribution < -0.4 is 0 Å². The van der Waals surface area contributed by atoms with Gasteiger partial charge in [-0.2, -0.15) is 6.08 Å². The van der Waals surface area contributed by atoms with Crippen LogP contribution in [0.5, 0.6) is 0 Å². The molecular formula is C41H46Cl2Zr. The average molecular weight is 701 g/mol. The van der Waals surface area contributed by atoms with E-state index in [1.54, 1.807) is 0 Å². The number of rotatable bonds is 2. The smallest absolute Gasteiger partial charge is 0.109 e. The first-order valence-electron chi connectivity index (χ1n) is 14.9. The third kappa shape index (κ3) is 10.0. The van der Waals surface area contributed by atoms with Crippen molar-refractivity contribution in [2.24, 2.45) is 0 Å². The van der Waals surface area contributed by atoms with Crippen molar-refractivity contribution in [1.82, 2.24) is 0 Å². The standard InChI is InChI=1S/C21H25.C15H14.C5H5.2ClH.Zr/c1-20(2,3)16-7-9-18-14(12-16)11-15-13-17(21(4,5)6)8-10-19(15)18;1-12-3-7-14(8-4-12)11-15-9-5-13(2)6-10-15;1-2-4-5-3-1;;;/h7-13H,1-6H3;3-10H,1-2H3;1-3H,4H2;2*1H;/q-1;;-1;;;+2. The van der Waals surface area contributed by atoms with Gasteiger partial charge in [-0.3, -0.25) is 6.08 Å². The molecule has 44 heavy (non-hydrogen) atoms. The van der Waals surface area contributed by atoms with Gasteiger partial charge in [0.15, 0.2) is 0 Å². The number of benzene rings is 4. The third-order valence-corrected chi connectivity index (χ3v) is 9.12. The fourth-order valence-electron chi connectivity index (χ4n) is 4.90. The number of allylic oxidation sites excluding steroid dienone is 4. The maximum atomic E-state index is 2.99. The minimum Gasteiger partial charge on any atom is -0.273 e. The minimum absolute atomic E-state index is 0. The van der Waals surface area contributed by atoms with E-state index in [1.807, 2.05) is 12.2 Å². The molecule has 0 saturated heterocycles. The van der Waals surface area contributed by atoms with E-state index < -0.39 is 0 Å². The van der Waals surface area contributed by atoms with Gasteiger partial charge in [0, 0.05) is 0 Å². The van der Waals surface area contributed by atoms with Crippen molar-refractivity contribution in [3.05, 3.63) is 149 Å². The van der Waals surface area contributed by atoms with Crippen LogP contribution in [0.15, 0.2) is 109 Å². The monoisotopic (exact) mass is 698 g/mol. The summed E-state index contributed by atoms with van der Waals surface area (Å²) in [5.74, 6) is 0. The molecule has 1 aliphatic carbocycles. The fourth-order valence-corrected chi connectivity index (χ4v) is 5.72. The SMILES string of the molecule is CC(C)(C)c1ccc2c(c1)[cH-]c1cc(C(C)(C)C)ccc12.Cc1ccc([C](=[Zr+2])c2ccc(C)cc2)cc1.Cl.Cl.[C-]1=CC=CC1. The summed E-state index contributed by atoms with van der Waals surface area (Å²) >= 11 is 1.46. The van der Waals surface area contributed by atoms with Crippen molar-refractivity contribution in [2.45, 2.75) is 72.6 Å². The summed E-state index contributed by atoms with van der Waals surface area (Å²) in [6.07, 6.45) is 10.0. The van der Waals surface area contributed by atoms with E-state index in [0.717, 1.165) is 6.42 Å². The van der Waals surface area contributed by atoms with Crippen molar-refractivity contribution in [3.8, 4) is 0 Å². The topological polar surface area (TPSA) is 0 Å². The Bertz CT molecular complexity index is 1590. The zero-order chi connectivity index (χ0) is 30.5. The molecule has 0 nitrogen and oxygen atoms in total. The third-order valence-electron chi connectivity index (χ3n) is 7.70. The first-order valence-corrected chi connectivity index (χ1v) is 16.1. The number of aryl methyl sites for hydroxylation is 2. The molecule has 3 heteroatoms. The molecule has 0 aromatic heterocycles. The van der Waals surface area contributed by atoms with Crippen LogP contribution in [-0.2, 0) is 35.1 Å². The maximum Gasteiger partial charge on any atom is -0.109 e. The van der Waals surface area contributed by atoms with Crippen molar-refractivity contribution in [3.63, 3.8) is 0 Å². The van der Waals surface area contributed by atoms with E-state index in [-0.39, 0.29) is 35.6 Å². The quantitative estimate of drug-likeness (QED) is 0.161. The van der Waals surface area contributed by atoms with Crippen LogP contribution in [0.2, 0.25) is 0 Å². The Hall–Kier alpha value is -2.44. The molecule has 6 rings (SSSR count). The predicted molar refractivity (Wildman–Crippen MR) is 196 cm³/mol. The molecule has 0 radical (unpaired) electrons. The van der Waals surface area contributed by atoms with Crippen LogP contribution >= 0.6 is 24.8 Å². The molecular weight excluding hydrogens is 655 g/mol. The van der Waals surface area contributed by atoms with Crippen LogP contribution in [0.1, 0.15) is 81.3 Å². The summed E-state index contributed by atoms with van der Waals surface area (Å²) < 4.78 is 1.42. The largest absolute Gasteiger partial charge is 0.273 e. The second-order valence-corrected chi connectivity index (χ2v) is 14.6. The second kappa shape index (κ2) is 16.2. The Morgan fingerprint density at radius 2 is 1.05 bits per heavy atom. The molecule has 0 unspecified atom stereocenters. The van der Waals surface area contributed by atoms with Gasteiger partial charge in [-0.15, -0.1) is 71.0 Å². The zero-order valence-corrected chi connectivity index (χ0v) is 31.5. The van der Waals surface area contributed by atoms with Crippen LogP contribution in [0.3, 0.4) is 0 Å². The predicted octanol–water partition coefficient (Wildman–Crippen LogP) is 11.9. The first kappa shape index (κ1) is 37.7. The van der Waals surface area contributed by atoms with E-state index >= 15 is 0 Å². The molecule has 0 aliphatic heterocycles. The Morgan fingerprint density at radius 1 is 0.636 bits per heavy atom. The van der Waals surface area contributed by atoms with Crippen molar-refractivity contribution < 1.29 is 24.2 Å². The minimum atomic E-state index is 0. The number of halogens is 2. The Balaban J connectivity index is 0.000000260. The van der Waals surface area contributed by atoms with Gasteiger partial charge in [-0.1, -0.05) is 76.9 Å². The molecule has 1 aliphatic rings. The summed E-state index contributed by atoms with van der Waals surface area (Å²) in [6.45, 7) is 17.9. The second-order valence-electron chi connectivity index (χ2n) is 13.4. The molecule has 5 aromatic carbocycles. The average Bonchev–Trinajstić information content (AvgIpc) is 3.64. The Morgan fingerprint density at radius 3 is 1.34 bits per heavy atom. The summed E-state index contributed by atoms with van der Waals surface area (Å²) in [6, 6.07) is 33.7. The molecule has 0 bridgehead atoms. The van der Waals surface area contributed by atoms with Gasteiger partial charge < -0.3 is 0 Å². The van der Waals surface area contributed by atoms with Crippen molar-refractivity contribution in [1.29, 1.82) is 0 Å². The van der Waals surface area contributed by atoms with Crippen LogP contribution in [0.4, 0.5) is 0 Å². The van der Waals surface area contributed by atoms with Gasteiger partial charge in [-0.05, 0) is 10.8 Å². The molecule has 0 spiro atoms. The zero-order valence-electron chi connectivity index (χ0n) is 27.4. The molecule has 0 amide bonds. The van der Waals surface area contributed by atoms with E-state index in [9.17, 15) is 0 Å². The summed E-state index contributed by atoms with van der Waals surface area (Å²) in [5, 5.41) is 5.48. The van der Waals surface area contributed by atoms with E-state index in [4.69, 9.17) is 0 Å². The number of hydrogen-bond acceptors (Lipinski definition) is 0. The summed E-state index contributed by atoms with van der Waals surface area (Å²) in [5.41, 5.74) is 8.53. The normalized spacial score (nSPS) is 12.0.